The van der Waals surface area contributed by atoms with Gasteiger partial charge in [0.25, 0.3) is 0 Å². The minimum absolute atomic E-state index is 0.0443. The lowest BCUT2D eigenvalue weighted by Crippen LogP contribution is -2.34. The molecular formula is C34H38N4O6. The van der Waals surface area contributed by atoms with Crippen molar-refractivity contribution in [2.45, 2.75) is 72.4 Å². The second-order valence-electron chi connectivity index (χ2n) is 11.9. The smallest absolute Gasteiger partial charge is 0.338 e. The molecule has 10 heteroatoms. The van der Waals surface area contributed by atoms with Crippen LogP contribution in [0.4, 0.5) is 0 Å². The van der Waals surface area contributed by atoms with Crippen molar-refractivity contribution in [3.8, 4) is 0 Å². The number of carboxylic acids is 3. The summed E-state index contributed by atoms with van der Waals surface area (Å²) >= 11 is 0. The number of carboxylic acid groups (broad SMARTS) is 3. The highest BCUT2D eigenvalue weighted by Crippen LogP contribution is 2.41. The lowest BCUT2D eigenvalue weighted by Gasteiger charge is -2.25. The molecule has 0 radical (unpaired) electrons. The van der Waals surface area contributed by atoms with Gasteiger partial charge >= 0.3 is 17.9 Å². The van der Waals surface area contributed by atoms with E-state index < -0.39 is 30.4 Å². The van der Waals surface area contributed by atoms with Gasteiger partial charge in [0.1, 0.15) is 0 Å². The quantitative estimate of drug-likeness (QED) is 0.306. The number of rotatable bonds is 8. The third-order valence-corrected chi connectivity index (χ3v) is 9.41. The van der Waals surface area contributed by atoms with Crippen LogP contribution in [0.1, 0.15) is 58.1 Å². The molecule has 1 unspecified atom stereocenters. The van der Waals surface area contributed by atoms with Crippen molar-refractivity contribution in [1.82, 2.24) is 10.3 Å². The average Bonchev–Trinajstić information content (AvgIpc) is 3.63. The number of hydrogen-bond acceptors (Lipinski definition) is 6. The van der Waals surface area contributed by atoms with Gasteiger partial charge < -0.3 is 25.6 Å². The molecule has 1 aromatic heterocycles. The predicted octanol–water partition coefficient (Wildman–Crippen LogP) is 3.34. The van der Waals surface area contributed by atoms with E-state index in [1.165, 1.54) is 0 Å². The molecule has 1 saturated heterocycles. The van der Waals surface area contributed by atoms with Gasteiger partial charge in [-0.3, -0.25) is 9.59 Å². The Kier molecular flexibility index (Phi) is 8.31. The van der Waals surface area contributed by atoms with Gasteiger partial charge in [-0.25, -0.2) is 14.8 Å². The summed E-state index contributed by atoms with van der Waals surface area (Å²) in [6.07, 6.45) is 8.06. The Morgan fingerprint density at radius 1 is 1.00 bits per heavy atom. The molecule has 5 heterocycles. The second-order valence-corrected chi connectivity index (χ2v) is 11.9. The van der Waals surface area contributed by atoms with Crippen LogP contribution in [0.5, 0.6) is 0 Å². The SMILES string of the molecule is C=CC1=C(C)/C2=C/[C@@H]3N[C@@H](C(CC(=O)O)=C4N=C(/C=c5\[nH]/c(c(C)c5CC)=C\C1=N2)C(C)=C4C(=O)O)[C@@H](CCC(=O)O)C3C. The second kappa shape index (κ2) is 11.8. The standard InChI is InChI=1S/C34H38N4O6/c1-7-19-15(3)23-12-25-17(5)21(9-10-29(39)40)32(37-25)22(11-30(41)42)33-31(34(43)44)18(6)26(38-33)14-28-20(8-2)16(4)24(36-28)13-27(19)35-23/h7,12-14,17,21,25,32,36-37H,1,8-11H2,2-6H3,(H,39,40)(H,41,42)(H,43,44)/b23-12-,24-13-,28-14-,33-22?/t17?,21-,25-,32+/m0/s1. The van der Waals surface area contributed by atoms with Gasteiger partial charge in [-0.2, -0.15) is 0 Å². The summed E-state index contributed by atoms with van der Waals surface area (Å²) < 4.78 is 0. The largest absolute Gasteiger partial charge is 0.481 e. The molecule has 0 aliphatic carbocycles. The van der Waals surface area contributed by atoms with E-state index in [0.717, 1.165) is 44.4 Å². The van der Waals surface area contributed by atoms with E-state index in [-0.39, 0.29) is 42.0 Å². The molecule has 44 heavy (non-hydrogen) atoms. The number of aliphatic carboxylic acids is 3. The summed E-state index contributed by atoms with van der Waals surface area (Å²) in [7, 11) is 0. The highest BCUT2D eigenvalue weighted by Gasteiger charge is 2.44. The number of hydrogen-bond donors (Lipinski definition) is 5. The van der Waals surface area contributed by atoms with E-state index >= 15 is 0 Å². The van der Waals surface area contributed by atoms with Crippen molar-refractivity contribution in [1.29, 1.82) is 0 Å². The van der Waals surface area contributed by atoms with Crippen molar-refractivity contribution >= 4 is 41.5 Å². The summed E-state index contributed by atoms with van der Waals surface area (Å²) in [6.45, 7) is 13.8. The normalized spacial score (nSPS) is 27.2. The molecule has 5 rings (SSSR count). The van der Waals surface area contributed by atoms with Crippen LogP contribution in [0.3, 0.4) is 0 Å². The fourth-order valence-corrected chi connectivity index (χ4v) is 7.01. The number of H-pyrrole nitrogens is 1. The van der Waals surface area contributed by atoms with Gasteiger partial charge in [-0.1, -0.05) is 26.5 Å². The zero-order valence-electron chi connectivity index (χ0n) is 25.6. The first kappa shape index (κ1) is 30.9. The number of nitrogens with one attached hydrogen (secondary N) is 2. The lowest BCUT2D eigenvalue weighted by atomic mass is 9.80. The van der Waals surface area contributed by atoms with Gasteiger partial charge in [0.15, 0.2) is 0 Å². The van der Waals surface area contributed by atoms with Gasteiger partial charge in [-0.15, -0.1) is 0 Å². The maximum atomic E-state index is 12.7. The Hall–Kier alpha value is -4.57. The molecule has 10 nitrogen and oxygen atoms in total. The number of aliphatic imine (C=N–C) groups is 2. The molecule has 0 aromatic carbocycles. The summed E-state index contributed by atoms with van der Waals surface area (Å²) in [5.41, 5.74) is 6.73. The Labute approximate surface area is 255 Å². The first-order chi connectivity index (χ1) is 20.9. The number of fused-ring (bicyclic) bond motifs is 6. The molecule has 5 N–H and O–H groups in total. The molecule has 1 fully saturated rings. The molecule has 0 saturated carbocycles. The van der Waals surface area contributed by atoms with Crippen LogP contribution in [0.15, 0.2) is 68.0 Å². The molecule has 0 spiro atoms. The van der Waals surface area contributed by atoms with Crippen molar-refractivity contribution in [2.24, 2.45) is 21.8 Å². The maximum absolute atomic E-state index is 12.7. The van der Waals surface area contributed by atoms with Crippen LogP contribution < -0.4 is 16.0 Å². The summed E-state index contributed by atoms with van der Waals surface area (Å²) in [4.78, 5) is 49.9. The van der Waals surface area contributed by atoms with E-state index in [9.17, 15) is 29.7 Å². The lowest BCUT2D eigenvalue weighted by molar-refractivity contribution is -0.138. The van der Waals surface area contributed by atoms with Crippen molar-refractivity contribution in [3.63, 3.8) is 0 Å². The fourth-order valence-electron chi connectivity index (χ4n) is 7.01. The molecule has 0 amide bonds. The van der Waals surface area contributed by atoms with E-state index in [1.807, 2.05) is 45.9 Å². The van der Waals surface area contributed by atoms with E-state index in [1.54, 1.807) is 13.0 Å². The van der Waals surface area contributed by atoms with E-state index in [2.05, 4.69) is 16.9 Å². The molecular weight excluding hydrogens is 560 g/mol. The number of allylic oxidation sites excluding steroid dienone is 4. The average molecular weight is 599 g/mol. The zero-order chi connectivity index (χ0) is 32.0. The van der Waals surface area contributed by atoms with Crippen molar-refractivity contribution in [2.75, 3.05) is 0 Å². The van der Waals surface area contributed by atoms with Crippen LogP contribution in [-0.2, 0) is 20.8 Å². The van der Waals surface area contributed by atoms with Crippen molar-refractivity contribution < 1.29 is 29.7 Å². The van der Waals surface area contributed by atoms with Gasteiger partial charge in [0.2, 0.25) is 0 Å². The van der Waals surface area contributed by atoms with Crippen molar-refractivity contribution in [3.05, 3.63) is 79.8 Å². The first-order valence-electron chi connectivity index (χ1n) is 14.9. The van der Waals surface area contributed by atoms with Gasteiger partial charge in [0, 0.05) is 34.8 Å². The zero-order valence-corrected chi connectivity index (χ0v) is 25.6. The maximum Gasteiger partial charge on any atom is 0.338 e. The third kappa shape index (κ3) is 5.34. The number of aromatic nitrogens is 1. The monoisotopic (exact) mass is 598 g/mol. The third-order valence-electron chi connectivity index (χ3n) is 9.41. The minimum atomic E-state index is -1.20. The number of nitrogens with zero attached hydrogens (tertiary/aromatic N) is 2. The minimum Gasteiger partial charge on any atom is -0.481 e. The molecule has 1 aromatic rings. The van der Waals surface area contributed by atoms with Crippen LogP contribution in [0, 0.1) is 18.8 Å². The highest BCUT2D eigenvalue weighted by atomic mass is 16.4. The van der Waals surface area contributed by atoms with Crippen LogP contribution in [0.25, 0.3) is 12.2 Å². The number of carbonyl (C=O) groups is 3. The Balaban J connectivity index is 1.88. The molecule has 230 valence electrons. The highest BCUT2D eigenvalue weighted by molar-refractivity contribution is 6.26. The Morgan fingerprint density at radius 2 is 1.70 bits per heavy atom. The van der Waals surface area contributed by atoms with Crippen LogP contribution in [0.2, 0.25) is 0 Å². The predicted molar refractivity (Wildman–Crippen MR) is 169 cm³/mol. The van der Waals surface area contributed by atoms with Gasteiger partial charge in [0.05, 0.1) is 34.8 Å². The summed E-state index contributed by atoms with van der Waals surface area (Å²) in [5.74, 6) is -3.70. The Morgan fingerprint density at radius 3 is 2.32 bits per heavy atom. The molecule has 8 bridgehead atoms. The fraction of sp³-hybridized carbons (Fsp3) is 0.382. The molecule has 4 aliphatic heterocycles. The number of aromatic amines is 1. The summed E-state index contributed by atoms with van der Waals surface area (Å²) in [5, 5.41) is 35.1. The topological polar surface area (TPSA) is 164 Å². The van der Waals surface area contributed by atoms with E-state index in [4.69, 9.17) is 9.98 Å². The van der Waals surface area contributed by atoms with Gasteiger partial charge in [-0.05, 0) is 91.5 Å². The molecule has 4 atom stereocenters. The first-order valence-corrected chi connectivity index (χ1v) is 14.9. The van der Waals surface area contributed by atoms with E-state index in [0.29, 0.717) is 23.3 Å². The van der Waals surface area contributed by atoms with Crippen LogP contribution in [-0.4, -0.2) is 61.7 Å². The van der Waals surface area contributed by atoms with Crippen LogP contribution >= 0.6 is 0 Å². The summed E-state index contributed by atoms with van der Waals surface area (Å²) in [6, 6.07) is -0.920. The molecule has 4 aliphatic rings. The Bertz CT molecular complexity index is 1810.